The van der Waals surface area contributed by atoms with Gasteiger partial charge in [-0.05, 0) is 36.6 Å². The Morgan fingerprint density at radius 1 is 1.07 bits per heavy atom. The lowest BCUT2D eigenvalue weighted by Crippen LogP contribution is -2.04. The van der Waals surface area contributed by atoms with Crippen molar-refractivity contribution in [2.75, 3.05) is 7.11 Å². The Labute approximate surface area is 179 Å². The van der Waals surface area contributed by atoms with E-state index in [4.69, 9.17) is 14.8 Å². The van der Waals surface area contributed by atoms with Gasteiger partial charge in [-0.1, -0.05) is 38.1 Å². The Kier molecular flexibility index (Phi) is 4.51. The number of methoxy groups -OCH3 is 1. The van der Waals surface area contributed by atoms with Crippen LogP contribution in [0.1, 0.15) is 35.5 Å². The van der Waals surface area contributed by atoms with Crippen LogP contribution in [-0.4, -0.2) is 27.7 Å². The number of rotatable bonds is 5. The summed E-state index contributed by atoms with van der Waals surface area (Å²) in [4.78, 5) is 18.0. The number of hydrogen-bond acceptors (Lipinski definition) is 5. The fraction of sp³-hybridized carbons (Fsp3) is 0.208. The monoisotopic (exact) mass is 415 g/mol. The third kappa shape index (κ3) is 2.95. The maximum Gasteiger partial charge on any atom is 0.211 e. The SMILES string of the molecule is COc1ccc(-c2csc(-n3nc(CC(C)C)c4c3-c3ccccc3C4=O)n2)cc1. The maximum absolute atomic E-state index is 13.1. The first-order valence-corrected chi connectivity index (χ1v) is 10.8. The van der Waals surface area contributed by atoms with Gasteiger partial charge >= 0.3 is 0 Å². The number of thiazole rings is 1. The van der Waals surface area contributed by atoms with Crippen molar-refractivity contribution in [3.05, 3.63) is 70.7 Å². The molecule has 6 heteroatoms. The van der Waals surface area contributed by atoms with Crippen LogP contribution in [0.4, 0.5) is 0 Å². The van der Waals surface area contributed by atoms with E-state index in [-0.39, 0.29) is 5.78 Å². The Morgan fingerprint density at radius 3 is 2.50 bits per heavy atom. The number of carbonyl (C=O) groups excluding carboxylic acids is 1. The third-order valence-electron chi connectivity index (χ3n) is 5.27. The van der Waals surface area contributed by atoms with Crippen molar-refractivity contribution in [2.24, 2.45) is 5.92 Å². The molecule has 4 aromatic rings. The molecule has 5 rings (SSSR count). The predicted molar refractivity (Wildman–Crippen MR) is 119 cm³/mol. The number of carbonyl (C=O) groups is 1. The van der Waals surface area contributed by atoms with Gasteiger partial charge in [-0.2, -0.15) is 5.10 Å². The molecule has 0 saturated heterocycles. The van der Waals surface area contributed by atoms with Crippen LogP contribution in [0.15, 0.2) is 53.9 Å². The van der Waals surface area contributed by atoms with E-state index in [0.717, 1.165) is 56.6 Å². The van der Waals surface area contributed by atoms with Gasteiger partial charge in [0, 0.05) is 22.1 Å². The van der Waals surface area contributed by atoms with Crippen molar-refractivity contribution in [1.82, 2.24) is 14.8 Å². The third-order valence-corrected chi connectivity index (χ3v) is 6.09. The molecule has 30 heavy (non-hydrogen) atoms. The standard InChI is InChI=1S/C24H21N3O2S/c1-14(2)12-19-21-22(17-6-4-5-7-18(17)23(21)28)27(26-19)24-25-20(13-30-24)15-8-10-16(29-3)11-9-15/h4-11,13-14H,12H2,1-3H3. The second kappa shape index (κ2) is 7.22. The molecular weight excluding hydrogens is 394 g/mol. The largest absolute Gasteiger partial charge is 0.497 e. The van der Waals surface area contributed by atoms with Gasteiger partial charge in [0.15, 0.2) is 5.78 Å². The average Bonchev–Trinajstić information content (AvgIpc) is 3.44. The second-order valence-corrected chi connectivity index (χ2v) is 8.64. The fourth-order valence-electron chi connectivity index (χ4n) is 3.90. The Morgan fingerprint density at radius 2 is 1.80 bits per heavy atom. The van der Waals surface area contributed by atoms with E-state index < -0.39 is 0 Å². The van der Waals surface area contributed by atoms with Crippen LogP contribution in [0.5, 0.6) is 5.75 Å². The Bertz CT molecular complexity index is 1250. The lowest BCUT2D eigenvalue weighted by atomic mass is 10.0. The predicted octanol–water partition coefficient (Wildman–Crippen LogP) is 5.41. The minimum Gasteiger partial charge on any atom is -0.497 e. The normalized spacial score (nSPS) is 12.3. The van der Waals surface area contributed by atoms with Crippen LogP contribution in [0.3, 0.4) is 0 Å². The molecule has 0 aliphatic heterocycles. The van der Waals surface area contributed by atoms with Crippen molar-refractivity contribution in [3.8, 4) is 33.4 Å². The van der Waals surface area contributed by atoms with Gasteiger partial charge in [0.2, 0.25) is 5.13 Å². The first-order valence-electron chi connectivity index (χ1n) is 9.93. The quantitative estimate of drug-likeness (QED) is 0.385. The van der Waals surface area contributed by atoms with Gasteiger partial charge in [0.1, 0.15) is 5.75 Å². The molecular formula is C24H21N3O2S. The molecule has 0 atom stereocenters. The molecule has 0 N–H and O–H groups in total. The van der Waals surface area contributed by atoms with E-state index in [1.807, 2.05) is 58.6 Å². The molecule has 0 unspecified atom stereocenters. The number of fused-ring (bicyclic) bond motifs is 3. The summed E-state index contributed by atoms with van der Waals surface area (Å²) in [6.07, 6.45) is 0.756. The van der Waals surface area contributed by atoms with Crippen molar-refractivity contribution < 1.29 is 9.53 Å². The van der Waals surface area contributed by atoms with E-state index in [9.17, 15) is 4.79 Å². The van der Waals surface area contributed by atoms with Gasteiger partial charge in [-0.25, -0.2) is 9.67 Å². The summed E-state index contributed by atoms with van der Waals surface area (Å²) in [5, 5.41) is 7.63. The molecule has 0 fully saturated rings. The van der Waals surface area contributed by atoms with Gasteiger partial charge in [0.05, 0.1) is 29.8 Å². The summed E-state index contributed by atoms with van der Waals surface area (Å²) in [5.74, 6) is 1.28. The summed E-state index contributed by atoms with van der Waals surface area (Å²) >= 11 is 1.53. The van der Waals surface area contributed by atoms with Crippen molar-refractivity contribution in [3.63, 3.8) is 0 Å². The van der Waals surface area contributed by atoms with Crippen LogP contribution in [0.2, 0.25) is 0 Å². The highest BCUT2D eigenvalue weighted by Crippen LogP contribution is 2.41. The zero-order valence-corrected chi connectivity index (χ0v) is 17.9. The number of ether oxygens (including phenoxy) is 1. The van der Waals surface area contributed by atoms with E-state index in [1.165, 1.54) is 11.3 Å². The minimum absolute atomic E-state index is 0.0643. The first-order chi connectivity index (χ1) is 14.6. The summed E-state index contributed by atoms with van der Waals surface area (Å²) in [5.41, 5.74) is 6.01. The molecule has 5 nitrogen and oxygen atoms in total. The van der Waals surface area contributed by atoms with Crippen molar-refractivity contribution >= 4 is 17.1 Å². The van der Waals surface area contributed by atoms with Crippen LogP contribution >= 0.6 is 11.3 Å². The molecule has 0 bridgehead atoms. The lowest BCUT2D eigenvalue weighted by Gasteiger charge is -2.05. The minimum atomic E-state index is 0.0643. The molecule has 0 saturated carbocycles. The number of hydrogen-bond donors (Lipinski definition) is 0. The number of aromatic nitrogens is 3. The number of ketones is 1. The maximum atomic E-state index is 13.1. The molecule has 1 aliphatic carbocycles. The second-order valence-electron chi connectivity index (χ2n) is 7.80. The molecule has 1 aliphatic rings. The number of benzene rings is 2. The van der Waals surface area contributed by atoms with Crippen molar-refractivity contribution in [2.45, 2.75) is 20.3 Å². The van der Waals surface area contributed by atoms with Crippen LogP contribution < -0.4 is 4.74 Å². The molecule has 0 radical (unpaired) electrons. The summed E-state index contributed by atoms with van der Waals surface area (Å²) < 4.78 is 7.10. The smallest absolute Gasteiger partial charge is 0.211 e. The Balaban J connectivity index is 1.63. The molecule has 2 aromatic carbocycles. The molecule has 0 spiro atoms. The van der Waals surface area contributed by atoms with Crippen LogP contribution in [-0.2, 0) is 6.42 Å². The Hall–Kier alpha value is -3.25. The van der Waals surface area contributed by atoms with Gasteiger partial charge < -0.3 is 4.74 Å². The van der Waals surface area contributed by atoms with E-state index in [1.54, 1.807) is 7.11 Å². The van der Waals surface area contributed by atoms with E-state index in [0.29, 0.717) is 5.92 Å². The van der Waals surface area contributed by atoms with Crippen LogP contribution in [0, 0.1) is 5.92 Å². The van der Waals surface area contributed by atoms with Crippen molar-refractivity contribution in [1.29, 1.82) is 0 Å². The lowest BCUT2D eigenvalue weighted by molar-refractivity contribution is 0.104. The van der Waals surface area contributed by atoms with Gasteiger partial charge in [-0.15, -0.1) is 11.3 Å². The van der Waals surface area contributed by atoms with Gasteiger partial charge in [-0.3, -0.25) is 4.79 Å². The van der Waals surface area contributed by atoms with Crippen LogP contribution in [0.25, 0.3) is 27.6 Å². The first kappa shape index (κ1) is 18.8. The van der Waals surface area contributed by atoms with Gasteiger partial charge in [0.25, 0.3) is 0 Å². The highest BCUT2D eigenvalue weighted by molar-refractivity contribution is 7.12. The highest BCUT2D eigenvalue weighted by Gasteiger charge is 2.35. The van der Waals surface area contributed by atoms with E-state index >= 15 is 0 Å². The zero-order chi connectivity index (χ0) is 20.8. The zero-order valence-electron chi connectivity index (χ0n) is 17.0. The summed E-state index contributed by atoms with van der Waals surface area (Å²) in [7, 11) is 1.65. The van der Waals surface area contributed by atoms with E-state index in [2.05, 4.69) is 13.8 Å². The summed E-state index contributed by atoms with van der Waals surface area (Å²) in [6.45, 7) is 4.28. The molecule has 150 valence electrons. The topological polar surface area (TPSA) is 57.0 Å². The fourth-order valence-corrected chi connectivity index (χ4v) is 4.69. The average molecular weight is 416 g/mol. The molecule has 2 heterocycles. The molecule has 0 amide bonds. The highest BCUT2D eigenvalue weighted by atomic mass is 32.1. The molecule has 2 aromatic heterocycles. The number of nitrogens with zero attached hydrogens (tertiary/aromatic N) is 3. The summed E-state index contributed by atoms with van der Waals surface area (Å²) in [6, 6.07) is 15.6.